The van der Waals surface area contributed by atoms with Gasteiger partial charge in [-0.05, 0) is 12.1 Å². The minimum Gasteiger partial charge on any atom is -0.308 e. The van der Waals surface area contributed by atoms with Crippen molar-refractivity contribution in [1.82, 2.24) is 4.98 Å². The third-order valence-corrected chi connectivity index (χ3v) is 0.813. The van der Waals surface area contributed by atoms with E-state index in [-0.39, 0.29) is 4.70 Å². The standard InChI is InChI=1S/C5H7N3.FH/c6-8-5-3-1-2-4-7-5;/h1-4H,6H2,(H,7,8);1H. The van der Waals surface area contributed by atoms with Crippen molar-refractivity contribution in [2.75, 3.05) is 5.43 Å². The molecule has 0 aromatic carbocycles. The summed E-state index contributed by atoms with van der Waals surface area (Å²) in [5.74, 6) is 5.72. The van der Waals surface area contributed by atoms with Crippen LogP contribution in [0.3, 0.4) is 0 Å². The number of hydrazine groups is 1. The van der Waals surface area contributed by atoms with Gasteiger partial charge in [-0.2, -0.15) is 0 Å². The fraction of sp³-hybridized carbons (Fsp3) is 0. The van der Waals surface area contributed by atoms with Crippen LogP contribution < -0.4 is 11.3 Å². The Morgan fingerprint density at radius 2 is 2.22 bits per heavy atom. The van der Waals surface area contributed by atoms with E-state index in [1.54, 1.807) is 12.3 Å². The van der Waals surface area contributed by atoms with Crippen LogP contribution in [-0.2, 0) is 0 Å². The first kappa shape index (κ1) is 7.84. The maximum absolute atomic E-state index is 5.04. The van der Waals surface area contributed by atoms with Crippen LogP contribution in [0.25, 0.3) is 0 Å². The Morgan fingerprint density at radius 1 is 1.44 bits per heavy atom. The van der Waals surface area contributed by atoms with Crippen LogP contribution in [-0.4, -0.2) is 4.98 Å². The lowest BCUT2D eigenvalue weighted by Crippen LogP contribution is -2.07. The van der Waals surface area contributed by atoms with E-state index in [1.807, 2.05) is 12.1 Å². The van der Waals surface area contributed by atoms with Crippen molar-refractivity contribution in [2.24, 2.45) is 5.84 Å². The molecule has 0 radical (unpaired) electrons. The second kappa shape index (κ2) is 3.80. The Balaban J connectivity index is 0.000000640. The van der Waals surface area contributed by atoms with Gasteiger partial charge in [0.05, 0.1) is 0 Å². The van der Waals surface area contributed by atoms with E-state index in [2.05, 4.69) is 10.4 Å². The number of nitrogens with two attached hydrogens (primary N) is 1. The average Bonchev–Trinajstić information content (AvgIpc) is 1.90. The van der Waals surface area contributed by atoms with Crippen LogP contribution in [0.2, 0.25) is 0 Å². The number of hydrogen-bond acceptors (Lipinski definition) is 3. The minimum absolute atomic E-state index is 0. The van der Waals surface area contributed by atoms with Crippen LogP contribution in [0, 0.1) is 0 Å². The van der Waals surface area contributed by atoms with Crippen molar-refractivity contribution >= 4 is 5.82 Å². The van der Waals surface area contributed by atoms with E-state index in [9.17, 15) is 0 Å². The molecule has 0 aliphatic carbocycles. The summed E-state index contributed by atoms with van der Waals surface area (Å²) in [6, 6.07) is 5.49. The van der Waals surface area contributed by atoms with Crippen molar-refractivity contribution in [1.29, 1.82) is 0 Å². The predicted octanol–water partition coefficient (Wildman–Crippen LogP) is 0.520. The molecule has 1 rings (SSSR count). The van der Waals surface area contributed by atoms with Crippen molar-refractivity contribution in [3.63, 3.8) is 0 Å². The van der Waals surface area contributed by atoms with Crippen molar-refractivity contribution in [2.45, 2.75) is 0 Å². The van der Waals surface area contributed by atoms with Crippen LogP contribution in [0.15, 0.2) is 24.4 Å². The molecule has 4 heteroatoms. The van der Waals surface area contributed by atoms with Crippen LogP contribution in [0.1, 0.15) is 0 Å². The molecule has 0 unspecified atom stereocenters. The maximum atomic E-state index is 5.04. The molecule has 1 heterocycles. The summed E-state index contributed by atoms with van der Waals surface area (Å²) in [6.45, 7) is 0. The topological polar surface area (TPSA) is 50.9 Å². The van der Waals surface area contributed by atoms with Crippen LogP contribution >= 0.6 is 0 Å². The lowest BCUT2D eigenvalue weighted by Gasteiger charge is -1.92. The summed E-state index contributed by atoms with van der Waals surface area (Å²) in [7, 11) is 0. The number of nitrogens with one attached hydrogen (secondary N) is 1. The first-order valence-electron chi connectivity index (χ1n) is 2.31. The number of hydrogen-bond donors (Lipinski definition) is 2. The summed E-state index contributed by atoms with van der Waals surface area (Å²) in [5.41, 5.74) is 2.42. The maximum Gasteiger partial charge on any atom is 0.139 e. The zero-order chi connectivity index (χ0) is 5.82. The third-order valence-electron chi connectivity index (χ3n) is 0.813. The monoisotopic (exact) mass is 129 g/mol. The number of rotatable bonds is 1. The van der Waals surface area contributed by atoms with Gasteiger partial charge < -0.3 is 5.43 Å². The molecule has 0 saturated heterocycles. The highest BCUT2D eigenvalue weighted by Crippen LogP contribution is 1.94. The largest absolute Gasteiger partial charge is 0.308 e. The average molecular weight is 129 g/mol. The lowest BCUT2D eigenvalue weighted by atomic mass is 10.5. The molecule has 3 nitrogen and oxygen atoms in total. The Hall–Kier alpha value is -1.16. The van der Waals surface area contributed by atoms with Gasteiger partial charge in [0.1, 0.15) is 5.82 Å². The van der Waals surface area contributed by atoms with E-state index in [0.29, 0.717) is 5.82 Å². The van der Waals surface area contributed by atoms with Crippen LogP contribution in [0.5, 0.6) is 0 Å². The summed E-state index contributed by atoms with van der Waals surface area (Å²) in [5, 5.41) is 0. The summed E-state index contributed by atoms with van der Waals surface area (Å²) < 4.78 is 0. The predicted molar refractivity (Wildman–Crippen MR) is 34.6 cm³/mol. The molecule has 9 heavy (non-hydrogen) atoms. The second-order valence-corrected chi connectivity index (χ2v) is 1.36. The van der Waals surface area contributed by atoms with Gasteiger partial charge in [-0.15, -0.1) is 0 Å². The molecular weight excluding hydrogens is 121 g/mol. The number of pyridine rings is 1. The van der Waals surface area contributed by atoms with Crippen molar-refractivity contribution < 1.29 is 4.70 Å². The van der Waals surface area contributed by atoms with E-state index in [0.717, 1.165) is 0 Å². The van der Waals surface area contributed by atoms with Crippen LogP contribution in [0.4, 0.5) is 10.5 Å². The van der Waals surface area contributed by atoms with Gasteiger partial charge in [0, 0.05) is 6.20 Å². The molecule has 0 atom stereocenters. The molecule has 0 amide bonds. The zero-order valence-electron chi connectivity index (χ0n) is 4.74. The smallest absolute Gasteiger partial charge is 0.139 e. The fourth-order valence-electron chi connectivity index (χ4n) is 0.448. The normalized spacial score (nSPS) is 7.67. The fourth-order valence-corrected chi connectivity index (χ4v) is 0.448. The third kappa shape index (κ3) is 2.05. The van der Waals surface area contributed by atoms with Crippen molar-refractivity contribution in [3.8, 4) is 0 Å². The van der Waals surface area contributed by atoms with E-state index >= 15 is 0 Å². The van der Waals surface area contributed by atoms with Gasteiger partial charge in [-0.3, -0.25) is 4.70 Å². The Kier molecular flexibility index (Phi) is 3.31. The molecule has 0 bridgehead atoms. The number of anilines is 1. The summed E-state index contributed by atoms with van der Waals surface area (Å²) >= 11 is 0. The summed E-state index contributed by atoms with van der Waals surface area (Å²) in [6.07, 6.45) is 1.68. The second-order valence-electron chi connectivity index (χ2n) is 1.36. The summed E-state index contributed by atoms with van der Waals surface area (Å²) in [4.78, 5) is 3.86. The highest BCUT2D eigenvalue weighted by molar-refractivity contribution is 5.30. The Bertz CT molecular complexity index is 154. The van der Waals surface area contributed by atoms with Gasteiger partial charge in [0.2, 0.25) is 0 Å². The molecule has 3 N–H and O–H groups in total. The minimum atomic E-state index is 0. The highest BCUT2D eigenvalue weighted by Gasteiger charge is 1.79. The molecule has 1 aromatic rings. The lowest BCUT2D eigenvalue weighted by molar-refractivity contribution is 1.11. The van der Waals surface area contributed by atoms with Crippen molar-refractivity contribution in [3.05, 3.63) is 24.4 Å². The molecule has 0 spiro atoms. The van der Waals surface area contributed by atoms with Gasteiger partial charge in [0.25, 0.3) is 0 Å². The molecule has 0 fully saturated rings. The quantitative estimate of drug-likeness (QED) is 0.429. The molecule has 1 aromatic heterocycles. The van der Waals surface area contributed by atoms with E-state index in [1.165, 1.54) is 0 Å². The first-order chi connectivity index (χ1) is 3.93. The SMILES string of the molecule is F.NNc1ccccn1. The zero-order valence-corrected chi connectivity index (χ0v) is 4.74. The van der Waals surface area contributed by atoms with Gasteiger partial charge in [-0.25, -0.2) is 10.8 Å². The number of aromatic nitrogens is 1. The highest BCUT2D eigenvalue weighted by atomic mass is 19.0. The molecule has 50 valence electrons. The van der Waals surface area contributed by atoms with E-state index < -0.39 is 0 Å². The molecule has 0 aliphatic rings. The Morgan fingerprint density at radius 3 is 2.56 bits per heavy atom. The first-order valence-corrected chi connectivity index (χ1v) is 2.31. The van der Waals surface area contributed by atoms with Gasteiger partial charge in [-0.1, -0.05) is 6.07 Å². The molecular formula is C5H8FN3. The molecule has 0 saturated carbocycles. The van der Waals surface area contributed by atoms with Gasteiger partial charge in [0.15, 0.2) is 0 Å². The van der Waals surface area contributed by atoms with Gasteiger partial charge >= 0.3 is 0 Å². The number of nitrogen functional groups attached to an aromatic ring is 1. The number of halogens is 1. The Labute approximate surface area is 52.2 Å². The van der Waals surface area contributed by atoms with E-state index in [4.69, 9.17) is 5.84 Å². The molecule has 0 aliphatic heterocycles. The number of nitrogens with zero attached hydrogens (tertiary/aromatic N) is 1.